The van der Waals surface area contributed by atoms with Gasteiger partial charge < -0.3 is 10.1 Å². The first-order valence-corrected chi connectivity index (χ1v) is 13.7. The third kappa shape index (κ3) is 5.62. The summed E-state index contributed by atoms with van der Waals surface area (Å²) in [6, 6.07) is 21.6. The minimum atomic E-state index is -0.923. The van der Waals surface area contributed by atoms with E-state index in [1.54, 1.807) is 0 Å². The number of ether oxygens (including phenoxy) is 1. The molecular formula is C29H23BrN4O3S. The van der Waals surface area contributed by atoms with E-state index in [1.165, 1.54) is 17.6 Å². The second-order valence-corrected chi connectivity index (χ2v) is 10.8. The van der Waals surface area contributed by atoms with Crippen molar-refractivity contribution in [1.29, 1.82) is 5.26 Å². The second-order valence-electron chi connectivity index (χ2n) is 8.80. The number of carbonyl (C=O) groups is 2. The molecule has 2 amide bonds. The molecule has 1 aliphatic rings. The number of benzene rings is 3. The van der Waals surface area contributed by atoms with Crippen LogP contribution in [0.1, 0.15) is 40.0 Å². The Morgan fingerprint density at radius 1 is 1.08 bits per heavy atom. The Morgan fingerprint density at radius 2 is 1.92 bits per heavy atom. The Balaban J connectivity index is 1.31. The van der Waals surface area contributed by atoms with Gasteiger partial charge in [0, 0.05) is 14.9 Å². The number of fused-ring (bicyclic) bond motifs is 2. The molecule has 0 spiro atoms. The fourth-order valence-corrected chi connectivity index (χ4v) is 6.14. The molecule has 1 aromatic heterocycles. The molecule has 1 aliphatic carbocycles. The zero-order valence-corrected chi connectivity index (χ0v) is 22.7. The van der Waals surface area contributed by atoms with Gasteiger partial charge >= 0.3 is 11.8 Å². The molecule has 38 heavy (non-hydrogen) atoms. The SMILES string of the molecule is N#Cc1c(NC(=O)C(=O)N/N=C/c2c(OCc3cccc(Br)c3)ccc3ccccc23)sc2c1CCCC2. The Labute approximate surface area is 232 Å². The van der Waals surface area contributed by atoms with Crippen molar-refractivity contribution in [2.24, 2.45) is 5.10 Å². The van der Waals surface area contributed by atoms with Crippen molar-refractivity contribution in [3.05, 3.63) is 92.3 Å². The Bertz CT molecular complexity index is 1610. The van der Waals surface area contributed by atoms with E-state index in [-0.39, 0.29) is 0 Å². The lowest BCUT2D eigenvalue weighted by Crippen LogP contribution is -2.32. The average Bonchev–Trinajstić information content (AvgIpc) is 3.29. The number of carbonyl (C=O) groups excluding carboxylic acids is 2. The van der Waals surface area contributed by atoms with Gasteiger partial charge in [-0.3, -0.25) is 9.59 Å². The highest BCUT2D eigenvalue weighted by molar-refractivity contribution is 9.10. The maximum atomic E-state index is 12.6. The Hall–Kier alpha value is -4.00. The van der Waals surface area contributed by atoms with E-state index in [0.29, 0.717) is 28.5 Å². The van der Waals surface area contributed by atoms with Crippen LogP contribution in [0.4, 0.5) is 5.00 Å². The topological polar surface area (TPSA) is 104 Å². The number of thiophene rings is 1. The predicted molar refractivity (Wildman–Crippen MR) is 152 cm³/mol. The number of anilines is 1. The van der Waals surface area contributed by atoms with Gasteiger partial charge in [0.2, 0.25) is 0 Å². The first kappa shape index (κ1) is 25.6. The van der Waals surface area contributed by atoms with Gasteiger partial charge in [-0.15, -0.1) is 11.3 Å². The molecule has 0 saturated heterocycles. The third-order valence-corrected chi connectivity index (χ3v) is 7.99. The maximum absolute atomic E-state index is 12.6. The first-order valence-electron chi connectivity index (χ1n) is 12.1. The summed E-state index contributed by atoms with van der Waals surface area (Å²) in [7, 11) is 0. The molecular weight excluding hydrogens is 564 g/mol. The zero-order valence-electron chi connectivity index (χ0n) is 20.3. The van der Waals surface area contributed by atoms with Crippen molar-refractivity contribution in [2.75, 3.05) is 5.32 Å². The Kier molecular flexibility index (Phi) is 7.82. The summed E-state index contributed by atoms with van der Waals surface area (Å²) in [5.41, 5.74) is 5.42. The van der Waals surface area contributed by atoms with E-state index in [4.69, 9.17) is 4.74 Å². The Morgan fingerprint density at radius 3 is 2.76 bits per heavy atom. The van der Waals surface area contributed by atoms with E-state index in [2.05, 4.69) is 37.8 Å². The number of hydrazone groups is 1. The molecule has 2 N–H and O–H groups in total. The first-order chi connectivity index (χ1) is 18.5. The smallest absolute Gasteiger partial charge is 0.329 e. The predicted octanol–water partition coefficient (Wildman–Crippen LogP) is 6.08. The van der Waals surface area contributed by atoms with E-state index < -0.39 is 11.8 Å². The maximum Gasteiger partial charge on any atom is 0.329 e. The molecule has 4 aromatic rings. The summed E-state index contributed by atoms with van der Waals surface area (Å²) < 4.78 is 7.06. The van der Waals surface area contributed by atoms with E-state index >= 15 is 0 Å². The molecule has 0 atom stereocenters. The van der Waals surface area contributed by atoms with Crippen LogP contribution in [0.3, 0.4) is 0 Å². The molecule has 190 valence electrons. The molecule has 0 fully saturated rings. The van der Waals surface area contributed by atoms with Gasteiger partial charge in [0.15, 0.2) is 0 Å². The summed E-state index contributed by atoms with van der Waals surface area (Å²) in [5, 5.41) is 18.5. The molecule has 0 saturated carbocycles. The number of rotatable bonds is 6. The highest BCUT2D eigenvalue weighted by Gasteiger charge is 2.23. The lowest BCUT2D eigenvalue weighted by Gasteiger charge is -2.12. The lowest BCUT2D eigenvalue weighted by atomic mass is 9.96. The van der Waals surface area contributed by atoms with Crippen LogP contribution >= 0.6 is 27.3 Å². The number of hydrogen-bond acceptors (Lipinski definition) is 6. The number of nitriles is 1. The zero-order chi connectivity index (χ0) is 26.5. The van der Waals surface area contributed by atoms with E-state index in [0.717, 1.165) is 56.9 Å². The average molecular weight is 587 g/mol. The van der Waals surface area contributed by atoms with Gasteiger partial charge in [0.05, 0.1) is 11.8 Å². The van der Waals surface area contributed by atoms with Gasteiger partial charge in [0.1, 0.15) is 23.4 Å². The highest BCUT2D eigenvalue weighted by atomic mass is 79.9. The fourth-order valence-electron chi connectivity index (χ4n) is 4.46. The third-order valence-electron chi connectivity index (χ3n) is 6.29. The largest absolute Gasteiger partial charge is 0.488 e. The summed E-state index contributed by atoms with van der Waals surface area (Å²) in [4.78, 5) is 26.2. The minimum absolute atomic E-state index is 0.347. The molecule has 1 heterocycles. The number of aryl methyl sites for hydroxylation is 1. The molecule has 0 unspecified atom stereocenters. The summed E-state index contributed by atoms with van der Waals surface area (Å²) in [5.74, 6) is -1.20. The quantitative estimate of drug-likeness (QED) is 0.162. The number of hydrogen-bond donors (Lipinski definition) is 2. The second kappa shape index (κ2) is 11.6. The van der Waals surface area contributed by atoms with Crippen LogP contribution in [0.15, 0.2) is 70.2 Å². The molecule has 3 aromatic carbocycles. The fraction of sp³-hybridized carbons (Fsp3) is 0.172. The van der Waals surface area contributed by atoms with Gasteiger partial charge in [-0.25, -0.2) is 5.43 Å². The molecule has 9 heteroatoms. The van der Waals surface area contributed by atoms with Crippen molar-refractivity contribution in [3.8, 4) is 11.8 Å². The molecule has 0 aliphatic heterocycles. The van der Waals surface area contributed by atoms with Crippen molar-refractivity contribution in [3.63, 3.8) is 0 Å². The van der Waals surface area contributed by atoms with Crippen LogP contribution in [0.2, 0.25) is 0 Å². The number of halogens is 1. The summed E-state index contributed by atoms with van der Waals surface area (Å²) in [6.07, 6.45) is 5.26. The molecule has 0 radical (unpaired) electrons. The lowest BCUT2D eigenvalue weighted by molar-refractivity contribution is -0.136. The molecule has 7 nitrogen and oxygen atoms in total. The van der Waals surface area contributed by atoms with Gasteiger partial charge in [-0.1, -0.05) is 58.4 Å². The summed E-state index contributed by atoms with van der Waals surface area (Å²) in [6.45, 7) is 0.347. The van der Waals surface area contributed by atoms with E-state index in [1.807, 2.05) is 60.7 Å². The van der Waals surface area contributed by atoms with Crippen molar-refractivity contribution >= 4 is 61.1 Å². The highest BCUT2D eigenvalue weighted by Crippen LogP contribution is 2.37. The van der Waals surface area contributed by atoms with Crippen LogP contribution < -0.4 is 15.5 Å². The summed E-state index contributed by atoms with van der Waals surface area (Å²) >= 11 is 4.84. The van der Waals surface area contributed by atoms with Crippen LogP contribution in [0, 0.1) is 11.3 Å². The standard InChI is InChI=1S/C29H23BrN4O3S/c30-20-8-5-6-18(14-20)17-37-25-13-12-19-7-1-2-9-21(19)24(25)16-32-34-28(36)27(35)33-29-23(15-31)22-10-3-4-11-26(22)38-29/h1-2,5-9,12-14,16H,3-4,10-11,17H2,(H,33,35)(H,34,36)/b32-16+. The van der Waals surface area contributed by atoms with Crippen molar-refractivity contribution in [2.45, 2.75) is 32.3 Å². The normalized spacial score (nSPS) is 12.6. The van der Waals surface area contributed by atoms with Gasteiger partial charge in [-0.05, 0) is 65.8 Å². The van der Waals surface area contributed by atoms with Gasteiger partial charge in [0.25, 0.3) is 0 Å². The molecule has 5 rings (SSSR count). The van der Waals surface area contributed by atoms with Crippen molar-refractivity contribution in [1.82, 2.24) is 5.43 Å². The monoisotopic (exact) mass is 586 g/mol. The number of amides is 2. The van der Waals surface area contributed by atoms with Crippen LogP contribution in [-0.2, 0) is 29.0 Å². The van der Waals surface area contributed by atoms with Crippen molar-refractivity contribution < 1.29 is 14.3 Å². The van der Waals surface area contributed by atoms with Crippen LogP contribution in [-0.4, -0.2) is 18.0 Å². The van der Waals surface area contributed by atoms with Crippen LogP contribution in [0.25, 0.3) is 10.8 Å². The number of nitrogens with zero attached hydrogens (tertiary/aromatic N) is 2. The minimum Gasteiger partial charge on any atom is -0.488 e. The number of nitrogens with one attached hydrogen (secondary N) is 2. The molecule has 0 bridgehead atoms. The van der Waals surface area contributed by atoms with Crippen LogP contribution in [0.5, 0.6) is 5.75 Å². The van der Waals surface area contributed by atoms with Gasteiger partial charge in [-0.2, -0.15) is 10.4 Å². The van der Waals surface area contributed by atoms with E-state index in [9.17, 15) is 14.9 Å².